The zero-order chi connectivity index (χ0) is 15.5. The van der Waals surface area contributed by atoms with E-state index in [9.17, 15) is 4.79 Å². The fourth-order valence-corrected chi connectivity index (χ4v) is 2.48. The van der Waals surface area contributed by atoms with Crippen molar-refractivity contribution in [1.29, 1.82) is 0 Å². The van der Waals surface area contributed by atoms with Crippen molar-refractivity contribution in [2.45, 2.75) is 13.0 Å². The van der Waals surface area contributed by atoms with Gasteiger partial charge in [-0.15, -0.1) is 0 Å². The summed E-state index contributed by atoms with van der Waals surface area (Å²) >= 11 is 6.01. The smallest absolute Gasteiger partial charge is 0.255 e. The average Bonchev–Trinajstić information content (AvgIpc) is 3.18. The Labute approximate surface area is 132 Å². The summed E-state index contributed by atoms with van der Waals surface area (Å²) in [6.07, 6.45) is 3.35. The standard InChI is InChI=1S/C16H15ClN4O/c1-10(14-6-3-7-18-14)20-16(22)13-9-19-21-15(13)11-4-2-5-12(17)8-11/h2-10,18H,1H3,(H,19,21)(H,20,22). The highest BCUT2D eigenvalue weighted by Crippen LogP contribution is 2.24. The largest absolute Gasteiger partial charge is 0.363 e. The number of nitrogens with one attached hydrogen (secondary N) is 3. The molecule has 0 spiro atoms. The molecule has 1 unspecified atom stereocenters. The first-order chi connectivity index (χ1) is 10.6. The number of H-pyrrole nitrogens is 2. The maximum atomic E-state index is 12.5. The van der Waals surface area contributed by atoms with Crippen LogP contribution in [0.15, 0.2) is 48.8 Å². The van der Waals surface area contributed by atoms with E-state index in [0.717, 1.165) is 11.3 Å². The van der Waals surface area contributed by atoms with Crippen LogP contribution in [0.25, 0.3) is 11.3 Å². The lowest BCUT2D eigenvalue weighted by Crippen LogP contribution is -2.27. The summed E-state index contributed by atoms with van der Waals surface area (Å²) in [6.45, 7) is 1.92. The zero-order valence-corrected chi connectivity index (χ0v) is 12.7. The van der Waals surface area contributed by atoms with Gasteiger partial charge in [0.1, 0.15) is 0 Å². The normalized spacial score (nSPS) is 12.1. The Balaban J connectivity index is 1.84. The number of nitrogens with zero attached hydrogens (tertiary/aromatic N) is 1. The maximum absolute atomic E-state index is 12.5. The molecule has 22 heavy (non-hydrogen) atoms. The summed E-state index contributed by atoms with van der Waals surface area (Å²) in [7, 11) is 0. The lowest BCUT2D eigenvalue weighted by molar-refractivity contribution is 0.0940. The lowest BCUT2D eigenvalue weighted by atomic mass is 10.1. The molecule has 1 aromatic carbocycles. The summed E-state index contributed by atoms with van der Waals surface area (Å²) in [5, 5.41) is 10.4. The van der Waals surface area contributed by atoms with Gasteiger partial charge >= 0.3 is 0 Å². The molecule has 0 radical (unpaired) electrons. The van der Waals surface area contributed by atoms with E-state index in [1.807, 2.05) is 37.4 Å². The van der Waals surface area contributed by atoms with E-state index < -0.39 is 0 Å². The molecule has 1 atom stereocenters. The maximum Gasteiger partial charge on any atom is 0.255 e. The molecule has 6 heteroatoms. The van der Waals surface area contributed by atoms with E-state index in [-0.39, 0.29) is 11.9 Å². The summed E-state index contributed by atoms with van der Waals surface area (Å²) in [5.74, 6) is -0.189. The zero-order valence-electron chi connectivity index (χ0n) is 11.9. The highest BCUT2D eigenvalue weighted by molar-refractivity contribution is 6.30. The van der Waals surface area contributed by atoms with Crippen molar-refractivity contribution in [3.05, 3.63) is 65.1 Å². The number of carbonyl (C=O) groups is 1. The molecule has 0 aliphatic carbocycles. The number of amides is 1. The first kappa shape index (κ1) is 14.4. The minimum Gasteiger partial charge on any atom is -0.363 e. The molecule has 2 aromatic heterocycles. The van der Waals surface area contributed by atoms with Crippen molar-refractivity contribution in [3.8, 4) is 11.3 Å². The van der Waals surface area contributed by atoms with E-state index >= 15 is 0 Å². The van der Waals surface area contributed by atoms with E-state index in [4.69, 9.17) is 11.6 Å². The monoisotopic (exact) mass is 314 g/mol. The van der Waals surface area contributed by atoms with Gasteiger partial charge in [0.05, 0.1) is 23.5 Å². The van der Waals surface area contributed by atoms with Crippen molar-refractivity contribution in [2.24, 2.45) is 0 Å². The van der Waals surface area contributed by atoms with Crippen LogP contribution in [0.4, 0.5) is 0 Å². The Kier molecular flexibility index (Phi) is 3.98. The minimum absolute atomic E-state index is 0.121. The molecule has 0 fully saturated rings. The van der Waals surface area contributed by atoms with Crippen LogP contribution < -0.4 is 5.32 Å². The molecule has 3 N–H and O–H groups in total. The van der Waals surface area contributed by atoms with Gasteiger partial charge in [0.15, 0.2) is 0 Å². The number of hydrogen-bond acceptors (Lipinski definition) is 2. The van der Waals surface area contributed by atoms with Crippen LogP contribution in [0.5, 0.6) is 0 Å². The molecule has 0 saturated heterocycles. The van der Waals surface area contributed by atoms with Gasteiger partial charge in [0.2, 0.25) is 0 Å². The number of benzene rings is 1. The van der Waals surface area contributed by atoms with Crippen molar-refractivity contribution in [3.63, 3.8) is 0 Å². The van der Waals surface area contributed by atoms with Crippen molar-refractivity contribution in [1.82, 2.24) is 20.5 Å². The van der Waals surface area contributed by atoms with Crippen LogP contribution in [-0.4, -0.2) is 21.1 Å². The predicted octanol–water partition coefficient (Wildman–Crippen LogP) is 3.55. The van der Waals surface area contributed by atoms with Crippen molar-refractivity contribution >= 4 is 17.5 Å². The summed E-state index contributed by atoms with van der Waals surface area (Å²) in [6, 6.07) is 11.0. The van der Waals surface area contributed by atoms with E-state index in [2.05, 4.69) is 20.5 Å². The third-order valence-corrected chi connectivity index (χ3v) is 3.67. The van der Waals surface area contributed by atoms with Crippen LogP contribution >= 0.6 is 11.6 Å². The SMILES string of the molecule is CC(NC(=O)c1cn[nH]c1-c1cccc(Cl)c1)c1ccc[nH]1. The molecular weight excluding hydrogens is 300 g/mol. The van der Waals surface area contributed by atoms with E-state index in [1.54, 1.807) is 12.1 Å². The minimum atomic E-state index is -0.189. The second kappa shape index (κ2) is 6.07. The third-order valence-electron chi connectivity index (χ3n) is 3.43. The molecule has 1 amide bonds. The van der Waals surface area contributed by atoms with Gasteiger partial charge in [-0.3, -0.25) is 9.89 Å². The molecule has 3 aromatic rings. The van der Waals surface area contributed by atoms with E-state index in [1.165, 1.54) is 6.20 Å². The number of carbonyl (C=O) groups excluding carboxylic acids is 1. The average molecular weight is 315 g/mol. The quantitative estimate of drug-likeness (QED) is 0.689. The van der Waals surface area contributed by atoms with Crippen molar-refractivity contribution < 1.29 is 4.79 Å². The first-order valence-corrected chi connectivity index (χ1v) is 7.26. The Bertz CT molecular complexity index is 779. The fourth-order valence-electron chi connectivity index (χ4n) is 2.29. The molecule has 5 nitrogen and oxygen atoms in total. The lowest BCUT2D eigenvalue weighted by Gasteiger charge is -2.12. The summed E-state index contributed by atoms with van der Waals surface area (Å²) in [5.41, 5.74) is 2.91. The fraction of sp³-hybridized carbons (Fsp3) is 0.125. The molecular formula is C16H15ClN4O. The van der Waals surface area contributed by atoms with E-state index in [0.29, 0.717) is 16.3 Å². The van der Waals surface area contributed by atoms with Crippen LogP contribution in [0, 0.1) is 0 Å². The van der Waals surface area contributed by atoms with Gasteiger partial charge in [-0.25, -0.2) is 0 Å². The number of aromatic nitrogens is 3. The van der Waals surface area contributed by atoms with Crippen LogP contribution in [-0.2, 0) is 0 Å². The van der Waals surface area contributed by atoms with Crippen LogP contribution in [0.1, 0.15) is 29.0 Å². The predicted molar refractivity (Wildman–Crippen MR) is 85.7 cm³/mol. The number of hydrogen-bond donors (Lipinski definition) is 3. The Morgan fingerprint density at radius 2 is 2.18 bits per heavy atom. The molecule has 2 heterocycles. The van der Waals surface area contributed by atoms with Gasteiger partial charge < -0.3 is 10.3 Å². The second-order valence-corrected chi connectivity index (χ2v) is 5.43. The van der Waals surface area contributed by atoms with Crippen molar-refractivity contribution in [2.75, 3.05) is 0 Å². The highest BCUT2D eigenvalue weighted by Gasteiger charge is 2.18. The Hall–Kier alpha value is -2.53. The Morgan fingerprint density at radius 1 is 1.32 bits per heavy atom. The van der Waals surface area contributed by atoms with Gasteiger partial charge in [0.25, 0.3) is 5.91 Å². The molecule has 0 aliphatic rings. The van der Waals surface area contributed by atoms with Crippen LogP contribution in [0.2, 0.25) is 5.02 Å². The highest BCUT2D eigenvalue weighted by atomic mass is 35.5. The number of halogens is 1. The number of rotatable bonds is 4. The Morgan fingerprint density at radius 3 is 2.91 bits per heavy atom. The topological polar surface area (TPSA) is 73.6 Å². The van der Waals surface area contributed by atoms with Gasteiger partial charge in [-0.1, -0.05) is 23.7 Å². The number of aromatic amines is 2. The molecule has 0 bridgehead atoms. The van der Waals surface area contributed by atoms with Gasteiger partial charge in [0, 0.05) is 22.5 Å². The van der Waals surface area contributed by atoms with Gasteiger partial charge in [-0.05, 0) is 31.2 Å². The summed E-state index contributed by atoms with van der Waals surface area (Å²) < 4.78 is 0. The third kappa shape index (κ3) is 2.89. The molecule has 0 saturated carbocycles. The summed E-state index contributed by atoms with van der Waals surface area (Å²) in [4.78, 5) is 15.6. The molecule has 0 aliphatic heterocycles. The first-order valence-electron chi connectivity index (χ1n) is 6.88. The van der Waals surface area contributed by atoms with Crippen LogP contribution in [0.3, 0.4) is 0 Å². The molecule has 112 valence electrons. The second-order valence-electron chi connectivity index (χ2n) is 4.99. The molecule has 3 rings (SSSR count). The van der Waals surface area contributed by atoms with Gasteiger partial charge in [-0.2, -0.15) is 5.10 Å².